The molecular formula is C21H36IN3O2S. The summed E-state index contributed by atoms with van der Waals surface area (Å²) >= 11 is 0. The van der Waals surface area contributed by atoms with Gasteiger partial charge >= 0.3 is 0 Å². The standard InChI is InChI=1S/C21H35N3O2S.HI/c1-3-22-20(23-15-17-27(25)19-10-6-5-7-11-19)24-18-21(12-8-9-13-21)14-16-26-4-2;/h5-7,10-11H,3-4,8-9,12-18H2,1-2H3,(H2,22,23,24);1H. The lowest BCUT2D eigenvalue weighted by Crippen LogP contribution is -2.40. The monoisotopic (exact) mass is 521 g/mol. The number of nitrogens with zero attached hydrogens (tertiary/aromatic N) is 1. The molecule has 1 aromatic carbocycles. The van der Waals surface area contributed by atoms with Crippen LogP contribution in [0, 0.1) is 5.41 Å². The Kier molecular flexibility index (Phi) is 13.0. The van der Waals surface area contributed by atoms with Crippen LogP contribution >= 0.6 is 24.0 Å². The number of hydrogen-bond acceptors (Lipinski definition) is 3. The molecule has 0 spiro atoms. The summed E-state index contributed by atoms with van der Waals surface area (Å²) < 4.78 is 17.9. The molecule has 28 heavy (non-hydrogen) atoms. The van der Waals surface area contributed by atoms with Crippen LogP contribution in [0.15, 0.2) is 40.2 Å². The lowest BCUT2D eigenvalue weighted by Gasteiger charge is -2.27. The first-order valence-corrected chi connectivity index (χ1v) is 11.5. The number of nitrogens with one attached hydrogen (secondary N) is 2. The normalized spacial score (nSPS) is 17.0. The second-order valence-electron chi connectivity index (χ2n) is 7.14. The van der Waals surface area contributed by atoms with Gasteiger partial charge in [-0.3, -0.25) is 9.20 Å². The van der Waals surface area contributed by atoms with E-state index in [1.165, 1.54) is 25.7 Å². The maximum Gasteiger partial charge on any atom is 0.191 e. The third-order valence-electron chi connectivity index (χ3n) is 5.15. The molecule has 5 nitrogen and oxygen atoms in total. The minimum Gasteiger partial charge on any atom is -0.382 e. The second-order valence-corrected chi connectivity index (χ2v) is 8.71. The van der Waals surface area contributed by atoms with Crippen LogP contribution in [0.2, 0.25) is 0 Å². The van der Waals surface area contributed by atoms with Crippen molar-refractivity contribution >= 4 is 40.7 Å². The largest absolute Gasteiger partial charge is 0.382 e. The predicted octanol–water partition coefficient (Wildman–Crippen LogP) is 3.95. The molecule has 0 aliphatic heterocycles. The van der Waals surface area contributed by atoms with E-state index in [9.17, 15) is 4.21 Å². The lowest BCUT2D eigenvalue weighted by molar-refractivity contribution is 0.107. The van der Waals surface area contributed by atoms with Gasteiger partial charge in [0.1, 0.15) is 0 Å². The van der Waals surface area contributed by atoms with Crippen molar-refractivity contribution in [3.63, 3.8) is 0 Å². The number of hydrogen-bond donors (Lipinski definition) is 2. The van der Waals surface area contributed by atoms with Crippen molar-refractivity contribution in [2.24, 2.45) is 10.4 Å². The van der Waals surface area contributed by atoms with Gasteiger partial charge in [0.15, 0.2) is 5.96 Å². The molecule has 7 heteroatoms. The van der Waals surface area contributed by atoms with E-state index in [2.05, 4.69) is 17.6 Å². The van der Waals surface area contributed by atoms with Gasteiger partial charge in [-0.25, -0.2) is 0 Å². The highest BCUT2D eigenvalue weighted by atomic mass is 127. The van der Waals surface area contributed by atoms with E-state index in [-0.39, 0.29) is 29.4 Å². The summed E-state index contributed by atoms with van der Waals surface area (Å²) in [5, 5.41) is 6.66. The van der Waals surface area contributed by atoms with Gasteiger partial charge < -0.3 is 15.4 Å². The van der Waals surface area contributed by atoms with E-state index >= 15 is 0 Å². The van der Waals surface area contributed by atoms with E-state index in [4.69, 9.17) is 9.73 Å². The number of rotatable bonds is 11. The fraction of sp³-hybridized carbons (Fsp3) is 0.667. The Morgan fingerprint density at radius 1 is 1.18 bits per heavy atom. The first-order valence-electron chi connectivity index (χ1n) is 10.2. The molecule has 0 aromatic heterocycles. The van der Waals surface area contributed by atoms with E-state index in [0.29, 0.717) is 12.3 Å². The molecular weight excluding hydrogens is 485 g/mol. The van der Waals surface area contributed by atoms with Crippen LogP contribution < -0.4 is 10.6 Å². The van der Waals surface area contributed by atoms with Crippen molar-refractivity contribution in [1.82, 2.24) is 10.6 Å². The van der Waals surface area contributed by atoms with Gasteiger partial charge in [-0.1, -0.05) is 31.0 Å². The minimum absolute atomic E-state index is 0. The topological polar surface area (TPSA) is 62.7 Å². The van der Waals surface area contributed by atoms with Crippen molar-refractivity contribution in [2.45, 2.75) is 50.8 Å². The molecule has 0 saturated heterocycles. The summed E-state index contributed by atoms with van der Waals surface area (Å²) in [6.45, 7) is 8.01. The van der Waals surface area contributed by atoms with E-state index in [0.717, 1.165) is 43.6 Å². The summed E-state index contributed by atoms with van der Waals surface area (Å²) in [5.74, 6) is 1.40. The Balaban J connectivity index is 0.00000392. The molecule has 0 bridgehead atoms. The second kappa shape index (κ2) is 14.3. The molecule has 0 amide bonds. The highest BCUT2D eigenvalue weighted by Gasteiger charge is 2.33. The minimum atomic E-state index is -0.985. The van der Waals surface area contributed by atoms with E-state index < -0.39 is 10.8 Å². The zero-order valence-electron chi connectivity index (χ0n) is 17.2. The zero-order valence-corrected chi connectivity index (χ0v) is 20.4. The lowest BCUT2D eigenvalue weighted by atomic mass is 9.83. The van der Waals surface area contributed by atoms with Crippen molar-refractivity contribution in [2.75, 3.05) is 38.6 Å². The first kappa shape index (κ1) is 25.4. The predicted molar refractivity (Wildman–Crippen MR) is 129 cm³/mol. The molecule has 1 fully saturated rings. The number of guanidine groups is 1. The van der Waals surface area contributed by atoms with Crippen LogP contribution in [0.5, 0.6) is 0 Å². The number of halogens is 1. The Morgan fingerprint density at radius 2 is 1.89 bits per heavy atom. The number of aliphatic imine (C=N–C) groups is 1. The molecule has 1 atom stereocenters. The van der Waals surface area contributed by atoms with Crippen molar-refractivity contribution < 1.29 is 8.95 Å². The van der Waals surface area contributed by atoms with Gasteiger partial charge in [-0.2, -0.15) is 0 Å². The summed E-state index contributed by atoms with van der Waals surface area (Å²) in [4.78, 5) is 5.73. The van der Waals surface area contributed by atoms with Gasteiger partial charge in [0.25, 0.3) is 0 Å². The third kappa shape index (κ3) is 8.78. The van der Waals surface area contributed by atoms with Crippen LogP contribution in [0.25, 0.3) is 0 Å². The Morgan fingerprint density at radius 3 is 2.54 bits per heavy atom. The van der Waals surface area contributed by atoms with E-state index in [1.807, 2.05) is 37.3 Å². The zero-order chi connectivity index (χ0) is 19.4. The highest BCUT2D eigenvalue weighted by Crippen LogP contribution is 2.41. The average Bonchev–Trinajstić information content (AvgIpc) is 3.16. The molecule has 2 rings (SSSR count). The summed E-state index contributed by atoms with van der Waals surface area (Å²) in [6.07, 6.45) is 6.15. The van der Waals surface area contributed by atoms with Crippen molar-refractivity contribution in [1.29, 1.82) is 0 Å². The first-order chi connectivity index (χ1) is 13.2. The van der Waals surface area contributed by atoms with Crippen LogP contribution in [0.3, 0.4) is 0 Å². The van der Waals surface area contributed by atoms with Crippen LogP contribution in [-0.4, -0.2) is 48.8 Å². The third-order valence-corrected chi connectivity index (χ3v) is 6.52. The fourth-order valence-corrected chi connectivity index (χ4v) is 4.57. The maximum atomic E-state index is 12.3. The Bertz CT molecular complexity index is 593. The molecule has 1 saturated carbocycles. The Labute approximate surface area is 190 Å². The van der Waals surface area contributed by atoms with Gasteiger partial charge in [-0.15, -0.1) is 24.0 Å². The number of benzene rings is 1. The summed E-state index contributed by atoms with van der Waals surface area (Å²) in [7, 11) is -0.985. The summed E-state index contributed by atoms with van der Waals surface area (Å²) in [5.41, 5.74) is 0.282. The van der Waals surface area contributed by atoms with Crippen molar-refractivity contribution in [3.8, 4) is 0 Å². The highest BCUT2D eigenvalue weighted by molar-refractivity contribution is 14.0. The van der Waals surface area contributed by atoms with Gasteiger partial charge in [0.05, 0.1) is 10.8 Å². The summed E-state index contributed by atoms with van der Waals surface area (Å²) in [6, 6.07) is 9.62. The molecule has 1 aromatic rings. The van der Waals surface area contributed by atoms with Gasteiger partial charge in [0, 0.05) is 43.5 Å². The van der Waals surface area contributed by atoms with Crippen LogP contribution in [0.1, 0.15) is 46.0 Å². The number of ether oxygens (including phenoxy) is 1. The van der Waals surface area contributed by atoms with Crippen LogP contribution in [0.4, 0.5) is 0 Å². The molecule has 1 aliphatic carbocycles. The molecule has 1 aliphatic rings. The average molecular weight is 522 g/mol. The van der Waals surface area contributed by atoms with E-state index in [1.54, 1.807) is 0 Å². The fourth-order valence-electron chi connectivity index (χ4n) is 3.59. The molecule has 160 valence electrons. The SMILES string of the molecule is CCNC(=NCC1(CCOCC)CCCC1)NCCS(=O)c1ccccc1.I. The quantitative estimate of drug-likeness (QED) is 0.200. The smallest absolute Gasteiger partial charge is 0.191 e. The van der Waals surface area contributed by atoms with Crippen LogP contribution in [-0.2, 0) is 15.5 Å². The molecule has 2 N–H and O–H groups in total. The molecule has 0 radical (unpaired) electrons. The Hall–Kier alpha value is -0.670. The molecule has 0 heterocycles. The molecule has 1 unspecified atom stereocenters. The van der Waals surface area contributed by atoms with Gasteiger partial charge in [-0.05, 0) is 50.7 Å². The van der Waals surface area contributed by atoms with Crippen molar-refractivity contribution in [3.05, 3.63) is 30.3 Å². The van der Waals surface area contributed by atoms with Gasteiger partial charge in [0.2, 0.25) is 0 Å². The maximum absolute atomic E-state index is 12.3.